The molecule has 1 atom stereocenters. The largest absolute Gasteiger partial charge is 0.368 e. The van der Waals surface area contributed by atoms with Gasteiger partial charge in [-0.25, -0.2) is 4.98 Å². The highest BCUT2D eigenvalue weighted by molar-refractivity contribution is 6.30. The first kappa shape index (κ1) is 15.1. The van der Waals surface area contributed by atoms with Crippen molar-refractivity contribution in [1.82, 2.24) is 15.3 Å². The van der Waals surface area contributed by atoms with Crippen LogP contribution in [0.5, 0.6) is 0 Å². The molecule has 2 heterocycles. The minimum absolute atomic E-state index is 0.328. The van der Waals surface area contributed by atoms with Gasteiger partial charge in [-0.3, -0.25) is 0 Å². The minimum atomic E-state index is 0.328. The second-order valence-corrected chi connectivity index (χ2v) is 6.04. The molecule has 0 amide bonds. The van der Waals surface area contributed by atoms with Crippen molar-refractivity contribution in [3.05, 3.63) is 46.6 Å². The van der Waals surface area contributed by atoms with E-state index >= 15 is 0 Å². The molecular weight excluding hydrogens is 298 g/mol. The lowest BCUT2D eigenvalue weighted by atomic mass is 10.1. The first-order valence-corrected chi connectivity index (χ1v) is 7.82. The fourth-order valence-corrected chi connectivity index (χ4v) is 2.90. The van der Waals surface area contributed by atoms with Crippen LogP contribution < -0.4 is 16.0 Å². The van der Waals surface area contributed by atoms with E-state index in [1.165, 1.54) is 0 Å². The molecule has 6 heteroatoms. The number of aromatic nitrogens is 2. The van der Waals surface area contributed by atoms with E-state index in [0.717, 1.165) is 48.0 Å². The number of halogens is 1. The van der Waals surface area contributed by atoms with Crippen LogP contribution >= 0.6 is 11.6 Å². The lowest BCUT2D eigenvalue weighted by Crippen LogP contribution is -2.30. The highest BCUT2D eigenvalue weighted by Gasteiger charge is 2.22. The van der Waals surface area contributed by atoms with Gasteiger partial charge in [-0.1, -0.05) is 23.7 Å². The Kier molecular flexibility index (Phi) is 4.45. The van der Waals surface area contributed by atoms with Gasteiger partial charge in [-0.15, -0.1) is 0 Å². The number of anilines is 2. The van der Waals surface area contributed by atoms with Crippen molar-refractivity contribution in [2.75, 3.05) is 30.8 Å². The van der Waals surface area contributed by atoms with Crippen LogP contribution in [-0.4, -0.2) is 36.1 Å². The van der Waals surface area contributed by atoms with Gasteiger partial charge in [0.05, 0.1) is 5.69 Å². The van der Waals surface area contributed by atoms with Gasteiger partial charge >= 0.3 is 0 Å². The number of nitrogen functional groups attached to an aromatic ring is 1. The van der Waals surface area contributed by atoms with Crippen LogP contribution in [0.2, 0.25) is 5.02 Å². The van der Waals surface area contributed by atoms with Crippen molar-refractivity contribution < 1.29 is 0 Å². The monoisotopic (exact) mass is 317 g/mol. The Labute approximate surface area is 135 Å². The number of hydrogen-bond acceptors (Lipinski definition) is 5. The third-order valence-electron chi connectivity index (χ3n) is 4.00. The molecule has 3 rings (SSSR count). The molecule has 0 unspecified atom stereocenters. The van der Waals surface area contributed by atoms with Gasteiger partial charge in [0.15, 0.2) is 0 Å². The lowest BCUT2D eigenvalue weighted by molar-refractivity contribution is 0.616. The van der Waals surface area contributed by atoms with E-state index in [2.05, 4.69) is 20.2 Å². The molecule has 5 nitrogen and oxygen atoms in total. The van der Waals surface area contributed by atoms with Crippen LogP contribution in [0.15, 0.2) is 30.3 Å². The van der Waals surface area contributed by atoms with Gasteiger partial charge in [-0.2, -0.15) is 4.98 Å². The van der Waals surface area contributed by atoms with E-state index in [4.69, 9.17) is 17.3 Å². The van der Waals surface area contributed by atoms with Crippen molar-refractivity contribution in [1.29, 1.82) is 0 Å². The molecular formula is C16H20ClN5. The molecule has 22 heavy (non-hydrogen) atoms. The summed E-state index contributed by atoms with van der Waals surface area (Å²) in [7, 11) is 1.99. The van der Waals surface area contributed by atoms with Gasteiger partial charge in [0, 0.05) is 36.6 Å². The fraction of sp³-hybridized carbons (Fsp3) is 0.375. The number of likely N-dealkylation sites (N-methyl/N-ethyl adjacent to an activating group) is 1. The van der Waals surface area contributed by atoms with E-state index in [0.29, 0.717) is 12.0 Å². The van der Waals surface area contributed by atoms with Crippen LogP contribution in [0.25, 0.3) is 0 Å². The summed E-state index contributed by atoms with van der Waals surface area (Å²) in [4.78, 5) is 11.0. The van der Waals surface area contributed by atoms with E-state index in [1.54, 1.807) is 0 Å². The molecule has 2 aromatic rings. The fourth-order valence-electron chi connectivity index (χ4n) is 2.77. The lowest BCUT2D eigenvalue weighted by Gasteiger charge is -2.18. The highest BCUT2D eigenvalue weighted by Crippen LogP contribution is 2.21. The van der Waals surface area contributed by atoms with E-state index in [9.17, 15) is 0 Å². The van der Waals surface area contributed by atoms with Gasteiger partial charge in [0.2, 0.25) is 5.95 Å². The van der Waals surface area contributed by atoms with Crippen molar-refractivity contribution in [2.45, 2.75) is 18.9 Å². The summed E-state index contributed by atoms with van der Waals surface area (Å²) in [5.41, 5.74) is 7.97. The number of nitrogens with zero attached hydrogens (tertiary/aromatic N) is 3. The predicted octanol–water partition coefficient (Wildman–Crippen LogP) is 2.10. The number of hydrogen-bond donors (Lipinski definition) is 2. The summed E-state index contributed by atoms with van der Waals surface area (Å²) in [6.45, 7) is 1.94. The summed E-state index contributed by atoms with van der Waals surface area (Å²) < 4.78 is 0. The molecule has 1 aliphatic rings. The van der Waals surface area contributed by atoms with Crippen LogP contribution in [-0.2, 0) is 6.42 Å². The molecule has 116 valence electrons. The number of nitrogens with one attached hydrogen (secondary N) is 1. The summed E-state index contributed by atoms with van der Waals surface area (Å²) in [5.74, 6) is 1.24. The van der Waals surface area contributed by atoms with Crippen molar-refractivity contribution >= 4 is 23.4 Å². The van der Waals surface area contributed by atoms with Crippen molar-refractivity contribution in [3.8, 4) is 0 Å². The first-order valence-electron chi connectivity index (χ1n) is 7.44. The molecule has 0 spiro atoms. The Morgan fingerprint density at radius 3 is 2.77 bits per heavy atom. The molecule has 0 aliphatic carbocycles. The number of rotatable bonds is 4. The molecule has 1 aromatic carbocycles. The SMILES string of the molecule is CN[C@@H]1CCN(c2cc(Cc3ccc(Cl)cc3)nc(N)n2)C1. The average Bonchev–Trinajstić information content (AvgIpc) is 2.98. The molecule has 0 saturated carbocycles. The zero-order valence-electron chi connectivity index (χ0n) is 12.6. The molecule has 3 N–H and O–H groups in total. The van der Waals surface area contributed by atoms with Crippen LogP contribution in [0.1, 0.15) is 17.7 Å². The molecule has 0 radical (unpaired) electrons. The topological polar surface area (TPSA) is 67.1 Å². The van der Waals surface area contributed by atoms with E-state index < -0.39 is 0 Å². The summed E-state index contributed by atoms with van der Waals surface area (Å²) in [6, 6.07) is 10.3. The maximum absolute atomic E-state index is 5.92. The Hall–Kier alpha value is -1.85. The number of benzene rings is 1. The van der Waals surface area contributed by atoms with E-state index in [-0.39, 0.29) is 0 Å². The molecule has 1 fully saturated rings. The van der Waals surface area contributed by atoms with Gasteiger partial charge in [-0.05, 0) is 31.2 Å². The highest BCUT2D eigenvalue weighted by atomic mass is 35.5. The Morgan fingerprint density at radius 1 is 1.32 bits per heavy atom. The average molecular weight is 318 g/mol. The third-order valence-corrected chi connectivity index (χ3v) is 4.25. The normalized spacial score (nSPS) is 17.9. The smallest absolute Gasteiger partial charge is 0.222 e. The zero-order valence-corrected chi connectivity index (χ0v) is 13.3. The number of nitrogens with two attached hydrogens (primary N) is 1. The van der Waals surface area contributed by atoms with Crippen LogP contribution in [0.3, 0.4) is 0 Å². The van der Waals surface area contributed by atoms with Crippen molar-refractivity contribution in [2.24, 2.45) is 0 Å². The van der Waals surface area contributed by atoms with Gasteiger partial charge in [0.1, 0.15) is 5.82 Å². The first-order chi connectivity index (χ1) is 10.6. The maximum atomic E-state index is 5.92. The van der Waals surface area contributed by atoms with Crippen LogP contribution in [0.4, 0.5) is 11.8 Å². The molecule has 1 aromatic heterocycles. The van der Waals surface area contributed by atoms with E-state index in [1.807, 2.05) is 37.4 Å². The van der Waals surface area contributed by atoms with Crippen LogP contribution in [0, 0.1) is 0 Å². The minimum Gasteiger partial charge on any atom is -0.368 e. The van der Waals surface area contributed by atoms with Gasteiger partial charge < -0.3 is 16.0 Å². The zero-order chi connectivity index (χ0) is 15.5. The van der Waals surface area contributed by atoms with Crippen molar-refractivity contribution in [3.63, 3.8) is 0 Å². The second kappa shape index (κ2) is 6.50. The molecule has 0 bridgehead atoms. The molecule has 1 aliphatic heterocycles. The Morgan fingerprint density at radius 2 is 2.09 bits per heavy atom. The standard InChI is InChI=1S/C16H20ClN5/c1-19-13-6-7-22(10-13)15-9-14(20-16(18)21-15)8-11-2-4-12(17)5-3-11/h2-5,9,13,19H,6-8,10H2,1H3,(H2,18,20,21)/t13-/m1/s1. The Bertz CT molecular complexity index is 643. The molecule has 1 saturated heterocycles. The predicted molar refractivity (Wildman–Crippen MR) is 90.4 cm³/mol. The Balaban J connectivity index is 1.79. The summed E-state index contributed by atoms with van der Waals surface area (Å²) >= 11 is 5.92. The summed E-state index contributed by atoms with van der Waals surface area (Å²) in [6.07, 6.45) is 1.84. The quantitative estimate of drug-likeness (QED) is 0.904. The second-order valence-electron chi connectivity index (χ2n) is 5.60. The maximum Gasteiger partial charge on any atom is 0.222 e. The third kappa shape index (κ3) is 3.48. The summed E-state index contributed by atoms with van der Waals surface area (Å²) in [5, 5.41) is 4.05. The van der Waals surface area contributed by atoms with Gasteiger partial charge in [0.25, 0.3) is 0 Å².